The Hall–Kier alpha value is -5.18. The summed E-state index contributed by atoms with van der Waals surface area (Å²) >= 11 is 0. The van der Waals surface area contributed by atoms with Crippen molar-refractivity contribution < 1.29 is 28.3 Å². The van der Waals surface area contributed by atoms with E-state index < -0.39 is 17.5 Å². The molecule has 1 fully saturated rings. The van der Waals surface area contributed by atoms with Gasteiger partial charge in [0.05, 0.1) is 12.8 Å². The lowest BCUT2D eigenvalue weighted by molar-refractivity contribution is -0.124. The molecule has 0 spiro atoms. The minimum absolute atomic E-state index is 0.00838. The Labute approximate surface area is 271 Å². The first-order chi connectivity index (χ1) is 21.9. The average molecular weight is 635 g/mol. The number of aliphatic imine (C=N–C) groups is 2. The molecule has 1 aromatic carbocycles. The van der Waals surface area contributed by atoms with Crippen molar-refractivity contribution in [3.63, 3.8) is 0 Å². The molecular formula is C34H46N6O6. The molecule has 5 amide bonds. The van der Waals surface area contributed by atoms with Crippen LogP contribution in [0.2, 0.25) is 0 Å². The standard InChI is InChI=1S/C20H23N5O4.C12H17NO2.C2H6/c1-4-12-22-13-6-9-17(26)23-16(21-3)8-5-7-14-10-11-15(29-14)20(2)18(27)24-19(28)25-20;1-5-15-10-7-6-9(2)11(8-10)12(14)13(3)4;1-2/h1,6,10-13H,5,7-9H2,2-3H3,(H,21,23,26)(H2,24,25,27,28);6-8H,5H2,1-4H3;1-2H3/b13-6-,22-12?;;. The van der Waals surface area contributed by atoms with E-state index in [1.54, 1.807) is 57.2 Å². The van der Waals surface area contributed by atoms with Crippen molar-refractivity contribution in [1.82, 2.24) is 20.9 Å². The third-order valence-electron chi connectivity index (χ3n) is 6.39. The zero-order valence-corrected chi connectivity index (χ0v) is 28.0. The van der Waals surface area contributed by atoms with Crippen LogP contribution in [0.5, 0.6) is 5.75 Å². The van der Waals surface area contributed by atoms with Crippen molar-refractivity contribution >= 4 is 35.8 Å². The van der Waals surface area contributed by atoms with Crippen LogP contribution >= 0.6 is 0 Å². The molecule has 1 aliphatic heterocycles. The maximum absolute atomic E-state index is 12.0. The van der Waals surface area contributed by atoms with Crippen molar-refractivity contribution in [3.05, 3.63) is 65.3 Å². The van der Waals surface area contributed by atoms with E-state index in [2.05, 4.69) is 31.9 Å². The van der Waals surface area contributed by atoms with E-state index in [1.165, 1.54) is 12.4 Å². The normalized spacial score (nSPS) is 15.6. The number of carbonyl (C=O) groups is 4. The van der Waals surface area contributed by atoms with Gasteiger partial charge in [-0.2, -0.15) is 0 Å². The first-order valence-corrected chi connectivity index (χ1v) is 15.0. The van der Waals surface area contributed by atoms with Crippen LogP contribution in [0.1, 0.15) is 74.4 Å². The van der Waals surface area contributed by atoms with Gasteiger partial charge in [-0.25, -0.2) is 4.79 Å². The first kappa shape index (κ1) is 38.8. The van der Waals surface area contributed by atoms with Gasteiger partial charge in [-0.3, -0.25) is 29.7 Å². The maximum atomic E-state index is 12.0. The molecule has 248 valence electrons. The predicted molar refractivity (Wildman–Crippen MR) is 180 cm³/mol. The molecule has 1 aliphatic rings. The number of ether oxygens (including phenoxy) is 1. The minimum Gasteiger partial charge on any atom is -0.494 e. The first-order valence-electron chi connectivity index (χ1n) is 15.0. The topological polar surface area (TPSA) is 155 Å². The van der Waals surface area contributed by atoms with Crippen LogP contribution < -0.4 is 20.7 Å². The quantitative estimate of drug-likeness (QED) is 0.143. The van der Waals surface area contributed by atoms with Crippen LogP contribution in [0.25, 0.3) is 0 Å². The van der Waals surface area contributed by atoms with E-state index in [0.717, 1.165) is 11.3 Å². The van der Waals surface area contributed by atoms with Gasteiger partial charge in [0.2, 0.25) is 5.91 Å². The molecule has 2 aromatic rings. The van der Waals surface area contributed by atoms with E-state index >= 15 is 0 Å². The van der Waals surface area contributed by atoms with E-state index in [0.29, 0.717) is 48.8 Å². The third-order valence-corrected chi connectivity index (χ3v) is 6.39. The van der Waals surface area contributed by atoms with Gasteiger partial charge in [0.1, 0.15) is 23.1 Å². The van der Waals surface area contributed by atoms with Crippen molar-refractivity contribution in [2.24, 2.45) is 9.98 Å². The largest absolute Gasteiger partial charge is 0.494 e. The Bertz CT molecular complexity index is 1470. The minimum atomic E-state index is -1.21. The molecule has 3 rings (SSSR count). The van der Waals surface area contributed by atoms with E-state index in [4.69, 9.17) is 15.6 Å². The summed E-state index contributed by atoms with van der Waals surface area (Å²) in [4.78, 5) is 56.5. The molecule has 0 radical (unpaired) electrons. The second kappa shape index (κ2) is 20.0. The molecular weight excluding hydrogens is 588 g/mol. The number of benzene rings is 1. The lowest BCUT2D eigenvalue weighted by atomic mass is 10.00. The van der Waals surface area contributed by atoms with Crippen molar-refractivity contribution in [3.8, 4) is 18.1 Å². The van der Waals surface area contributed by atoms with Crippen molar-refractivity contribution in [2.75, 3.05) is 27.7 Å². The number of urea groups is 1. The van der Waals surface area contributed by atoms with Gasteiger partial charge >= 0.3 is 6.03 Å². The van der Waals surface area contributed by atoms with Gasteiger partial charge in [0, 0.05) is 52.2 Å². The molecule has 12 heteroatoms. The number of nitrogens with zero attached hydrogens (tertiary/aromatic N) is 3. The van der Waals surface area contributed by atoms with Crippen LogP contribution in [-0.4, -0.2) is 68.5 Å². The van der Waals surface area contributed by atoms with Gasteiger partial charge in [0.25, 0.3) is 11.8 Å². The molecule has 46 heavy (non-hydrogen) atoms. The van der Waals surface area contributed by atoms with Crippen LogP contribution in [0, 0.1) is 19.3 Å². The third kappa shape index (κ3) is 12.1. The highest BCUT2D eigenvalue weighted by Gasteiger charge is 2.46. The SMILES string of the molecule is C#CC=N/C=C\CC(=O)NC(CCCc1ccc(C2(C)NC(=O)NC2=O)o1)=NC.CC.CCOc1ccc(C)c(C(=O)N(C)C)c1. The number of imide groups is 1. The highest BCUT2D eigenvalue weighted by Crippen LogP contribution is 2.26. The molecule has 2 heterocycles. The highest BCUT2D eigenvalue weighted by atomic mass is 16.5. The number of rotatable bonds is 11. The second-order valence-corrected chi connectivity index (χ2v) is 10.0. The van der Waals surface area contributed by atoms with E-state index in [1.807, 2.05) is 39.8 Å². The van der Waals surface area contributed by atoms with Crippen LogP contribution in [0.15, 0.2) is 57.0 Å². The number of furan rings is 1. The number of aryl methyl sites for hydroxylation is 2. The Balaban J connectivity index is 0.000000522. The molecule has 1 aromatic heterocycles. The van der Waals surface area contributed by atoms with Crippen molar-refractivity contribution in [1.29, 1.82) is 0 Å². The van der Waals surface area contributed by atoms with E-state index in [9.17, 15) is 19.2 Å². The summed E-state index contributed by atoms with van der Waals surface area (Å²) < 4.78 is 11.1. The summed E-state index contributed by atoms with van der Waals surface area (Å²) in [6.07, 6.45) is 11.3. The van der Waals surface area contributed by atoms with Gasteiger partial charge in [-0.05, 0) is 57.0 Å². The Morgan fingerprint density at radius 3 is 2.50 bits per heavy atom. The Morgan fingerprint density at radius 1 is 1.20 bits per heavy atom. The maximum Gasteiger partial charge on any atom is 0.322 e. The Morgan fingerprint density at radius 2 is 1.91 bits per heavy atom. The molecule has 0 aliphatic carbocycles. The zero-order chi connectivity index (χ0) is 34.7. The summed E-state index contributed by atoms with van der Waals surface area (Å²) in [6, 6.07) is 8.47. The van der Waals surface area contributed by atoms with Gasteiger partial charge < -0.3 is 24.7 Å². The number of amides is 5. The highest BCUT2D eigenvalue weighted by molar-refractivity contribution is 6.06. The summed E-state index contributed by atoms with van der Waals surface area (Å²) in [5.74, 6) is 3.95. The average Bonchev–Trinajstić information content (AvgIpc) is 3.62. The van der Waals surface area contributed by atoms with Gasteiger partial charge in [-0.15, -0.1) is 6.42 Å². The van der Waals surface area contributed by atoms with E-state index in [-0.39, 0.29) is 18.2 Å². The lowest BCUT2D eigenvalue weighted by Gasteiger charge is -2.17. The molecule has 0 bridgehead atoms. The summed E-state index contributed by atoms with van der Waals surface area (Å²) in [5.41, 5.74) is 0.458. The lowest BCUT2D eigenvalue weighted by Crippen LogP contribution is -2.40. The molecule has 3 N–H and O–H groups in total. The zero-order valence-electron chi connectivity index (χ0n) is 28.0. The monoisotopic (exact) mass is 634 g/mol. The molecule has 12 nitrogen and oxygen atoms in total. The fraction of sp³-hybridized carbons (Fsp3) is 0.412. The molecule has 0 saturated carbocycles. The van der Waals surface area contributed by atoms with Gasteiger partial charge in [-0.1, -0.05) is 31.9 Å². The van der Waals surface area contributed by atoms with Crippen LogP contribution in [0.3, 0.4) is 0 Å². The fourth-order valence-corrected chi connectivity index (χ4v) is 4.01. The molecule has 1 atom stereocenters. The number of nitrogens with one attached hydrogen (secondary N) is 3. The fourth-order valence-electron chi connectivity index (χ4n) is 4.01. The summed E-state index contributed by atoms with van der Waals surface area (Å²) in [6.45, 7) is 10.0. The van der Waals surface area contributed by atoms with Crippen LogP contribution in [0.4, 0.5) is 4.79 Å². The molecule has 1 saturated heterocycles. The number of carbonyl (C=O) groups excluding carboxylic acids is 4. The van der Waals surface area contributed by atoms with Crippen LogP contribution in [-0.2, 0) is 21.5 Å². The van der Waals surface area contributed by atoms with Gasteiger partial charge in [0.15, 0.2) is 5.54 Å². The molecule has 1 unspecified atom stereocenters. The summed E-state index contributed by atoms with van der Waals surface area (Å²) in [5, 5.41) is 7.50. The predicted octanol–water partition coefficient (Wildman–Crippen LogP) is 4.53. The number of terminal acetylenes is 1. The Kier molecular flexibility index (Phi) is 16.9. The number of hydrogen-bond acceptors (Lipinski definition) is 8. The van der Waals surface area contributed by atoms with Crippen molar-refractivity contribution in [2.45, 2.75) is 65.8 Å². The smallest absolute Gasteiger partial charge is 0.322 e. The second-order valence-electron chi connectivity index (χ2n) is 10.0. The summed E-state index contributed by atoms with van der Waals surface area (Å²) in [7, 11) is 5.10. The number of hydrogen-bond donors (Lipinski definition) is 3. The number of amidine groups is 1.